The summed E-state index contributed by atoms with van der Waals surface area (Å²) < 4.78 is 9.68. The van der Waals surface area contributed by atoms with Crippen LogP contribution in [0.15, 0.2) is 23.4 Å². The minimum Gasteiger partial charge on any atom is -0.502 e. The second kappa shape index (κ2) is 6.44. The van der Waals surface area contributed by atoms with Crippen molar-refractivity contribution in [2.24, 2.45) is 0 Å². The molecule has 1 heterocycles. The minimum atomic E-state index is -1.14. The van der Waals surface area contributed by atoms with Gasteiger partial charge in [0.25, 0.3) is 0 Å². The maximum absolute atomic E-state index is 12.0. The van der Waals surface area contributed by atoms with Crippen LogP contribution in [-0.4, -0.2) is 36.2 Å². The zero-order chi connectivity index (χ0) is 18.0. The Morgan fingerprint density at radius 1 is 1.38 bits per heavy atom. The molecule has 0 radical (unpaired) electrons. The molecule has 0 bridgehead atoms. The molecule has 0 saturated heterocycles. The second-order valence-corrected chi connectivity index (χ2v) is 4.90. The average Bonchev–Trinajstić information content (AvgIpc) is 2.53. The number of urea groups is 1. The largest absolute Gasteiger partial charge is 0.502 e. The molecule has 128 valence electrons. The average molecular weight is 337 g/mol. The number of nitro groups is 1. The van der Waals surface area contributed by atoms with Crippen LogP contribution in [0.2, 0.25) is 0 Å². The third-order valence-electron chi connectivity index (χ3n) is 3.51. The third-order valence-corrected chi connectivity index (χ3v) is 3.51. The van der Waals surface area contributed by atoms with E-state index < -0.39 is 34.4 Å². The van der Waals surface area contributed by atoms with Gasteiger partial charge in [0.05, 0.1) is 36.8 Å². The quantitative estimate of drug-likeness (QED) is 0.424. The molecule has 10 nitrogen and oxygen atoms in total. The van der Waals surface area contributed by atoms with Crippen molar-refractivity contribution in [3.05, 3.63) is 39.1 Å². The van der Waals surface area contributed by atoms with Crippen molar-refractivity contribution in [3.63, 3.8) is 0 Å². The van der Waals surface area contributed by atoms with Crippen LogP contribution in [0.1, 0.15) is 18.5 Å². The lowest BCUT2D eigenvalue weighted by Gasteiger charge is -2.28. The van der Waals surface area contributed by atoms with Crippen molar-refractivity contribution in [2.75, 3.05) is 14.2 Å². The fraction of sp³-hybridized carbons (Fsp3) is 0.286. The fourth-order valence-electron chi connectivity index (χ4n) is 2.40. The topological polar surface area (TPSA) is 140 Å². The van der Waals surface area contributed by atoms with Gasteiger partial charge < -0.3 is 25.2 Å². The van der Waals surface area contributed by atoms with Crippen LogP contribution in [0.4, 0.5) is 10.5 Å². The number of nitro benzene ring substituents is 1. The van der Waals surface area contributed by atoms with Gasteiger partial charge in [0.1, 0.15) is 5.75 Å². The number of amides is 2. The molecule has 1 aliphatic heterocycles. The molecule has 0 aromatic heterocycles. The summed E-state index contributed by atoms with van der Waals surface area (Å²) in [5.41, 5.74) is -0.454. The summed E-state index contributed by atoms with van der Waals surface area (Å²) >= 11 is 0. The zero-order valence-electron chi connectivity index (χ0n) is 13.1. The van der Waals surface area contributed by atoms with Gasteiger partial charge >= 0.3 is 17.7 Å². The Morgan fingerprint density at radius 3 is 2.58 bits per heavy atom. The summed E-state index contributed by atoms with van der Waals surface area (Å²) in [4.78, 5) is 34.1. The molecular weight excluding hydrogens is 322 g/mol. The number of carbonyl (C=O) groups is 2. The number of hydrogen-bond donors (Lipinski definition) is 3. The Balaban J connectivity index is 2.70. The monoisotopic (exact) mass is 337 g/mol. The summed E-state index contributed by atoms with van der Waals surface area (Å²) in [6.45, 7) is 1.48. The van der Waals surface area contributed by atoms with Gasteiger partial charge in [-0.15, -0.1) is 0 Å². The Labute approximate surface area is 136 Å². The summed E-state index contributed by atoms with van der Waals surface area (Å²) in [7, 11) is 2.45. The number of ether oxygens (including phenoxy) is 2. The minimum absolute atomic E-state index is 0.00921. The van der Waals surface area contributed by atoms with Gasteiger partial charge in [0, 0.05) is 11.3 Å². The van der Waals surface area contributed by atoms with Crippen molar-refractivity contribution < 1.29 is 29.1 Å². The lowest BCUT2D eigenvalue weighted by atomic mass is 9.94. The van der Waals surface area contributed by atoms with Crippen LogP contribution in [-0.2, 0) is 9.53 Å². The highest BCUT2D eigenvalue weighted by Crippen LogP contribution is 2.41. The molecule has 10 heteroatoms. The fourth-order valence-corrected chi connectivity index (χ4v) is 2.40. The standard InChI is InChI=1S/C14H15N3O7/c1-6-10(13(19)24-3)11(16-14(20)15-6)8-4-7(23-2)5-9(12(8)18)17(21)22/h4-5,11,18H,1-3H3,(H2,15,16,20). The van der Waals surface area contributed by atoms with Crippen LogP contribution >= 0.6 is 0 Å². The number of allylic oxidation sites excluding steroid dienone is 1. The first kappa shape index (κ1) is 17.1. The van der Waals surface area contributed by atoms with E-state index in [0.717, 1.165) is 13.2 Å². The number of rotatable bonds is 4. The van der Waals surface area contributed by atoms with E-state index in [1.54, 1.807) is 0 Å². The van der Waals surface area contributed by atoms with Gasteiger partial charge in [-0.05, 0) is 13.0 Å². The highest BCUT2D eigenvalue weighted by atomic mass is 16.6. The van der Waals surface area contributed by atoms with Gasteiger partial charge in [-0.1, -0.05) is 0 Å². The first-order valence-electron chi connectivity index (χ1n) is 6.72. The number of carbonyl (C=O) groups excluding carboxylic acids is 2. The van der Waals surface area contributed by atoms with Gasteiger partial charge in [0.15, 0.2) is 5.75 Å². The van der Waals surface area contributed by atoms with Gasteiger partial charge in [-0.2, -0.15) is 0 Å². The predicted molar refractivity (Wildman–Crippen MR) is 80.4 cm³/mol. The smallest absolute Gasteiger partial charge is 0.337 e. The molecule has 24 heavy (non-hydrogen) atoms. The van der Waals surface area contributed by atoms with Crippen LogP contribution in [0.5, 0.6) is 11.5 Å². The van der Waals surface area contributed by atoms with Gasteiger partial charge in [-0.3, -0.25) is 10.1 Å². The highest BCUT2D eigenvalue weighted by Gasteiger charge is 2.35. The van der Waals surface area contributed by atoms with E-state index >= 15 is 0 Å². The van der Waals surface area contributed by atoms with Crippen LogP contribution in [0.25, 0.3) is 0 Å². The number of phenolic OH excluding ortho intramolecular Hbond substituents is 1. The molecule has 1 aliphatic rings. The first-order valence-corrected chi connectivity index (χ1v) is 6.72. The Hall–Kier alpha value is -3.30. The number of nitrogens with zero attached hydrogens (tertiary/aromatic N) is 1. The van der Waals surface area contributed by atoms with Crippen molar-refractivity contribution in [1.29, 1.82) is 0 Å². The number of benzene rings is 1. The highest BCUT2D eigenvalue weighted by molar-refractivity contribution is 5.95. The number of phenols is 1. The maximum Gasteiger partial charge on any atom is 0.337 e. The molecule has 3 N–H and O–H groups in total. The van der Waals surface area contributed by atoms with E-state index in [2.05, 4.69) is 15.4 Å². The summed E-state index contributed by atoms with van der Waals surface area (Å²) in [6, 6.07) is 0.570. The molecule has 0 saturated carbocycles. The Kier molecular flexibility index (Phi) is 4.58. The lowest BCUT2D eigenvalue weighted by Crippen LogP contribution is -2.45. The SMILES string of the molecule is COC(=O)C1=C(C)NC(=O)NC1c1cc(OC)cc([N+](=O)[O-])c1O. The number of esters is 1. The molecule has 1 atom stereocenters. The van der Waals surface area contributed by atoms with E-state index in [1.165, 1.54) is 20.1 Å². The Bertz CT molecular complexity index is 757. The van der Waals surface area contributed by atoms with E-state index in [-0.39, 0.29) is 22.6 Å². The molecule has 0 fully saturated rings. The number of hydrogen-bond acceptors (Lipinski definition) is 7. The zero-order valence-corrected chi connectivity index (χ0v) is 13.1. The summed E-state index contributed by atoms with van der Waals surface area (Å²) in [5, 5.41) is 26.2. The summed E-state index contributed by atoms with van der Waals surface area (Å²) in [6.07, 6.45) is 0. The molecule has 1 unspecified atom stereocenters. The van der Waals surface area contributed by atoms with E-state index in [9.17, 15) is 24.8 Å². The normalized spacial score (nSPS) is 17.0. The molecule has 2 rings (SSSR count). The molecule has 0 spiro atoms. The molecule has 2 amide bonds. The number of methoxy groups -OCH3 is 2. The second-order valence-electron chi connectivity index (χ2n) is 4.90. The van der Waals surface area contributed by atoms with Crippen LogP contribution < -0.4 is 15.4 Å². The molecule has 0 aliphatic carbocycles. The van der Waals surface area contributed by atoms with Gasteiger partial charge in [0.2, 0.25) is 0 Å². The molecule has 1 aromatic rings. The molecular formula is C14H15N3O7. The van der Waals surface area contributed by atoms with Crippen LogP contribution in [0, 0.1) is 10.1 Å². The first-order chi connectivity index (χ1) is 11.3. The lowest BCUT2D eigenvalue weighted by molar-refractivity contribution is -0.386. The van der Waals surface area contributed by atoms with Crippen LogP contribution in [0.3, 0.4) is 0 Å². The van der Waals surface area contributed by atoms with E-state index in [0.29, 0.717) is 0 Å². The van der Waals surface area contributed by atoms with E-state index in [1.807, 2.05) is 0 Å². The third kappa shape index (κ3) is 2.93. The van der Waals surface area contributed by atoms with Crippen molar-refractivity contribution in [2.45, 2.75) is 13.0 Å². The van der Waals surface area contributed by atoms with Gasteiger partial charge in [-0.25, -0.2) is 9.59 Å². The van der Waals surface area contributed by atoms with Crippen molar-refractivity contribution in [3.8, 4) is 11.5 Å². The number of nitrogens with one attached hydrogen (secondary N) is 2. The van der Waals surface area contributed by atoms with Crippen molar-refractivity contribution in [1.82, 2.24) is 10.6 Å². The van der Waals surface area contributed by atoms with E-state index in [4.69, 9.17) is 4.74 Å². The van der Waals surface area contributed by atoms with Crippen molar-refractivity contribution >= 4 is 17.7 Å². The summed E-state index contributed by atoms with van der Waals surface area (Å²) in [5.74, 6) is -1.35. The maximum atomic E-state index is 12.0. The number of aromatic hydroxyl groups is 1. The molecule has 1 aromatic carbocycles. The predicted octanol–water partition coefficient (Wildman–Crippen LogP) is 1.11. The Morgan fingerprint density at radius 2 is 2.04 bits per heavy atom.